The van der Waals surface area contributed by atoms with Crippen LogP contribution in [0.4, 0.5) is 15.2 Å². The van der Waals surface area contributed by atoms with Gasteiger partial charge in [-0.15, -0.1) is 0 Å². The lowest BCUT2D eigenvalue weighted by Crippen LogP contribution is -2.30. The van der Waals surface area contributed by atoms with Crippen molar-refractivity contribution >= 4 is 44.1 Å². The Hall–Kier alpha value is -4.38. The number of amides is 1. The molecule has 2 aromatic carbocycles. The fourth-order valence-electron chi connectivity index (χ4n) is 3.66. The molecule has 33 heavy (non-hydrogen) atoms. The predicted octanol–water partition coefficient (Wildman–Crippen LogP) is 4.72. The summed E-state index contributed by atoms with van der Waals surface area (Å²) in [6.45, 7) is 0. The van der Waals surface area contributed by atoms with Crippen LogP contribution in [0.1, 0.15) is 22.2 Å². The molecule has 1 aliphatic rings. The number of carbonyl (C=O) groups excluding carboxylic acids is 2. The monoisotopic (exact) mass is 465 g/mol. The molecule has 9 nitrogen and oxygen atoms in total. The SMILES string of the molecule is O=C(C1=C(O)C(=O)N(c2nc3ccc(F)cc3s2)[C@@H]1c1ccc([N+](=O)[O-])cc1)c1ccco1. The Bertz CT molecular complexity index is 1460. The van der Waals surface area contributed by atoms with Crippen molar-refractivity contribution in [3.8, 4) is 0 Å². The molecule has 3 heterocycles. The largest absolute Gasteiger partial charge is 0.503 e. The highest BCUT2D eigenvalue weighted by Gasteiger charge is 2.46. The number of hydrogen-bond acceptors (Lipinski definition) is 8. The van der Waals surface area contributed by atoms with E-state index in [1.165, 1.54) is 60.9 Å². The molecule has 1 atom stereocenters. The summed E-state index contributed by atoms with van der Waals surface area (Å²) in [6, 6.07) is 10.9. The second-order valence-electron chi connectivity index (χ2n) is 7.10. The number of aliphatic hydroxyl groups excluding tert-OH is 1. The van der Waals surface area contributed by atoms with E-state index in [1.807, 2.05) is 0 Å². The predicted molar refractivity (Wildman–Crippen MR) is 116 cm³/mol. The van der Waals surface area contributed by atoms with E-state index in [2.05, 4.69) is 4.98 Å². The average Bonchev–Trinajstić information content (AvgIpc) is 3.52. The molecular weight excluding hydrogens is 453 g/mol. The molecule has 0 saturated heterocycles. The molecule has 4 aromatic rings. The van der Waals surface area contributed by atoms with Gasteiger partial charge in [0.15, 0.2) is 16.7 Å². The van der Waals surface area contributed by atoms with Gasteiger partial charge in [-0.25, -0.2) is 9.37 Å². The van der Waals surface area contributed by atoms with Gasteiger partial charge >= 0.3 is 0 Å². The number of fused-ring (bicyclic) bond motifs is 1. The van der Waals surface area contributed by atoms with Crippen molar-refractivity contribution in [2.24, 2.45) is 0 Å². The first-order valence-corrected chi connectivity index (χ1v) is 10.3. The third kappa shape index (κ3) is 3.34. The number of Topliss-reactive ketones (excluding diaryl/α,β-unsaturated/α-hetero) is 1. The van der Waals surface area contributed by atoms with Crippen molar-refractivity contribution in [1.29, 1.82) is 0 Å². The van der Waals surface area contributed by atoms with Crippen molar-refractivity contribution in [3.63, 3.8) is 0 Å². The van der Waals surface area contributed by atoms with E-state index in [0.717, 1.165) is 16.2 Å². The smallest absolute Gasteiger partial charge is 0.296 e. The minimum atomic E-state index is -1.14. The summed E-state index contributed by atoms with van der Waals surface area (Å²) in [5, 5.41) is 21.9. The van der Waals surface area contributed by atoms with Gasteiger partial charge < -0.3 is 9.52 Å². The average molecular weight is 465 g/mol. The van der Waals surface area contributed by atoms with E-state index >= 15 is 0 Å². The number of nitro groups is 1. The molecule has 0 aliphatic carbocycles. The van der Waals surface area contributed by atoms with Crippen LogP contribution in [-0.2, 0) is 4.79 Å². The zero-order chi connectivity index (χ0) is 23.3. The van der Waals surface area contributed by atoms with Crippen LogP contribution in [0.2, 0.25) is 0 Å². The normalized spacial score (nSPS) is 16.1. The lowest BCUT2D eigenvalue weighted by molar-refractivity contribution is -0.384. The van der Waals surface area contributed by atoms with Gasteiger partial charge in [0, 0.05) is 12.1 Å². The van der Waals surface area contributed by atoms with E-state index in [1.54, 1.807) is 0 Å². The minimum absolute atomic E-state index is 0.0931. The molecule has 0 bridgehead atoms. The maximum atomic E-state index is 13.7. The molecule has 1 N–H and O–H groups in total. The Morgan fingerprint density at radius 2 is 1.97 bits per heavy atom. The number of aromatic nitrogens is 1. The van der Waals surface area contributed by atoms with Crippen molar-refractivity contribution < 1.29 is 28.4 Å². The Labute approximate surface area is 188 Å². The van der Waals surface area contributed by atoms with Gasteiger partial charge in [0.25, 0.3) is 11.6 Å². The molecule has 0 saturated carbocycles. The molecule has 2 aromatic heterocycles. The molecule has 5 rings (SSSR count). The third-order valence-electron chi connectivity index (χ3n) is 5.16. The Kier molecular flexibility index (Phi) is 4.75. The highest BCUT2D eigenvalue weighted by molar-refractivity contribution is 7.22. The van der Waals surface area contributed by atoms with Crippen LogP contribution in [0.3, 0.4) is 0 Å². The molecule has 0 spiro atoms. The Balaban J connectivity index is 1.67. The zero-order valence-corrected chi connectivity index (χ0v) is 17.3. The van der Waals surface area contributed by atoms with Gasteiger partial charge in [-0.2, -0.15) is 0 Å². The first-order valence-electron chi connectivity index (χ1n) is 9.50. The second-order valence-corrected chi connectivity index (χ2v) is 8.11. The summed E-state index contributed by atoms with van der Waals surface area (Å²) in [4.78, 5) is 42.2. The third-order valence-corrected chi connectivity index (χ3v) is 6.18. The van der Waals surface area contributed by atoms with Crippen LogP contribution < -0.4 is 4.90 Å². The number of nitrogens with zero attached hydrogens (tertiary/aromatic N) is 3. The number of thiazole rings is 1. The molecule has 0 radical (unpaired) electrons. The van der Waals surface area contributed by atoms with Crippen LogP contribution in [0.15, 0.2) is 76.6 Å². The summed E-state index contributed by atoms with van der Waals surface area (Å²) in [5.74, 6) is -2.96. The van der Waals surface area contributed by atoms with E-state index in [9.17, 15) is 29.2 Å². The van der Waals surface area contributed by atoms with Crippen molar-refractivity contribution in [2.45, 2.75) is 6.04 Å². The minimum Gasteiger partial charge on any atom is -0.503 e. The number of benzene rings is 2. The van der Waals surface area contributed by atoms with Crippen molar-refractivity contribution in [2.75, 3.05) is 4.90 Å². The van der Waals surface area contributed by atoms with Gasteiger partial charge in [0.1, 0.15) is 5.82 Å². The van der Waals surface area contributed by atoms with Crippen molar-refractivity contribution in [3.05, 3.63) is 99.4 Å². The van der Waals surface area contributed by atoms with Gasteiger partial charge in [-0.1, -0.05) is 11.3 Å². The molecule has 0 unspecified atom stereocenters. The summed E-state index contributed by atoms with van der Waals surface area (Å²) in [6.07, 6.45) is 1.28. The molecule has 164 valence electrons. The van der Waals surface area contributed by atoms with Gasteiger partial charge in [0.05, 0.1) is 33.0 Å². The number of nitro benzene ring substituents is 1. The lowest BCUT2D eigenvalue weighted by atomic mass is 9.95. The molecular formula is C22H12FN3O6S. The van der Waals surface area contributed by atoms with Gasteiger partial charge in [-0.3, -0.25) is 24.6 Å². The molecule has 1 amide bonds. The van der Waals surface area contributed by atoms with Crippen LogP contribution in [0.5, 0.6) is 0 Å². The van der Waals surface area contributed by atoms with Crippen molar-refractivity contribution in [1.82, 2.24) is 4.98 Å². The van der Waals surface area contributed by atoms with Crippen LogP contribution in [0.25, 0.3) is 10.2 Å². The fourth-order valence-corrected chi connectivity index (χ4v) is 4.68. The number of aliphatic hydroxyl groups is 1. The number of furan rings is 1. The number of halogens is 1. The van der Waals surface area contributed by atoms with E-state index in [0.29, 0.717) is 15.8 Å². The number of non-ortho nitro benzene ring substituents is 1. The number of ketones is 1. The van der Waals surface area contributed by atoms with Gasteiger partial charge in [-0.05, 0) is 48.0 Å². The topological polar surface area (TPSA) is 127 Å². The zero-order valence-electron chi connectivity index (χ0n) is 16.5. The fraction of sp³-hybridized carbons (Fsp3) is 0.0455. The number of rotatable bonds is 5. The molecule has 0 fully saturated rings. The van der Waals surface area contributed by atoms with Crippen LogP contribution in [0, 0.1) is 15.9 Å². The van der Waals surface area contributed by atoms with Crippen LogP contribution in [-0.4, -0.2) is 26.7 Å². The van der Waals surface area contributed by atoms with E-state index < -0.39 is 34.2 Å². The first-order chi connectivity index (χ1) is 15.8. The summed E-state index contributed by atoms with van der Waals surface area (Å²) < 4.78 is 19.3. The molecule has 11 heteroatoms. The second kappa shape index (κ2) is 7.64. The van der Waals surface area contributed by atoms with Gasteiger partial charge in [0.2, 0.25) is 5.78 Å². The standard InChI is InChI=1S/C22H12FN3O6S/c23-12-5-8-14-16(10-12)33-22(24-14)25-18(11-3-6-13(7-4-11)26(30)31)17(20(28)21(25)29)19(27)15-2-1-9-32-15/h1-10,18,28H/t18-/m1/s1. The number of hydrogen-bond donors (Lipinski definition) is 1. The highest BCUT2D eigenvalue weighted by Crippen LogP contribution is 2.44. The maximum absolute atomic E-state index is 13.7. The number of carbonyl (C=O) groups is 2. The summed E-state index contributed by atoms with van der Waals surface area (Å²) in [5.41, 5.74) is 0.321. The summed E-state index contributed by atoms with van der Waals surface area (Å²) >= 11 is 1.01. The summed E-state index contributed by atoms with van der Waals surface area (Å²) in [7, 11) is 0. The molecule has 1 aliphatic heterocycles. The maximum Gasteiger partial charge on any atom is 0.296 e. The highest BCUT2D eigenvalue weighted by atomic mass is 32.1. The quantitative estimate of drug-likeness (QED) is 0.257. The van der Waals surface area contributed by atoms with E-state index in [4.69, 9.17) is 4.42 Å². The van der Waals surface area contributed by atoms with E-state index in [-0.39, 0.29) is 22.2 Å². The number of anilines is 1. The lowest BCUT2D eigenvalue weighted by Gasteiger charge is -2.24. The first kappa shape index (κ1) is 20.5. The van der Waals surface area contributed by atoms with Crippen LogP contribution >= 0.6 is 11.3 Å². The Morgan fingerprint density at radius 3 is 2.64 bits per heavy atom. The Morgan fingerprint density at radius 1 is 1.21 bits per heavy atom.